The first-order valence-corrected chi connectivity index (χ1v) is 5.16. The maximum Gasteiger partial charge on any atom is 0.209 e. The molecule has 0 saturated carbocycles. The van der Waals surface area contributed by atoms with Crippen LogP contribution in [0.25, 0.3) is 0 Å². The number of nitrogens with two attached hydrogens (primary N) is 1. The first-order chi connectivity index (χ1) is 8.27. The molecule has 0 aliphatic rings. The van der Waals surface area contributed by atoms with Crippen LogP contribution in [-0.2, 0) is 6.54 Å². The molecular weight excluding hydrogens is 214 g/mol. The van der Waals surface area contributed by atoms with E-state index in [4.69, 9.17) is 16.3 Å². The normalized spacial score (nSPS) is 10.4. The lowest BCUT2D eigenvalue weighted by Crippen LogP contribution is -2.37. The monoisotopic (exact) mass is 227 g/mol. The molecule has 1 aromatic carbocycles. The fourth-order valence-electron chi connectivity index (χ4n) is 1.39. The molecule has 0 aromatic heterocycles. The molecular formula is C12H13N5. The molecule has 1 aromatic rings. The molecule has 0 saturated heterocycles. The van der Waals surface area contributed by atoms with Crippen molar-refractivity contribution >= 4 is 5.96 Å². The van der Waals surface area contributed by atoms with Gasteiger partial charge in [0.25, 0.3) is 0 Å². The molecule has 0 spiro atoms. The van der Waals surface area contributed by atoms with Gasteiger partial charge in [0.1, 0.15) is 0 Å². The minimum Gasteiger partial charge on any atom is -0.369 e. The van der Waals surface area contributed by atoms with Gasteiger partial charge in [-0.25, -0.2) is 0 Å². The fraction of sp³-hybridized carbons (Fsp3) is 0.250. The molecule has 0 atom stereocenters. The summed E-state index contributed by atoms with van der Waals surface area (Å²) in [5.74, 6) is 0.145. The molecule has 2 N–H and O–H groups in total. The predicted molar refractivity (Wildman–Crippen MR) is 64.3 cm³/mol. The number of rotatable bonds is 4. The van der Waals surface area contributed by atoms with E-state index in [0.29, 0.717) is 19.5 Å². The summed E-state index contributed by atoms with van der Waals surface area (Å²) in [5, 5.41) is 17.0. The van der Waals surface area contributed by atoms with E-state index in [-0.39, 0.29) is 5.96 Å². The first-order valence-electron chi connectivity index (χ1n) is 5.16. The summed E-state index contributed by atoms with van der Waals surface area (Å²) in [6, 6.07) is 11.7. The lowest BCUT2D eigenvalue weighted by atomic mass is 10.2. The quantitative estimate of drug-likeness (QED) is 0.475. The molecule has 5 nitrogen and oxygen atoms in total. The number of nitriles is 2. The van der Waals surface area contributed by atoms with Crippen LogP contribution in [0, 0.1) is 22.8 Å². The molecule has 0 bridgehead atoms. The van der Waals surface area contributed by atoms with Gasteiger partial charge in [0.2, 0.25) is 12.2 Å². The molecule has 5 heteroatoms. The van der Waals surface area contributed by atoms with Crippen molar-refractivity contribution < 1.29 is 0 Å². The second-order valence-corrected chi connectivity index (χ2v) is 3.39. The second kappa shape index (κ2) is 6.86. The van der Waals surface area contributed by atoms with E-state index in [0.717, 1.165) is 5.56 Å². The molecule has 0 aliphatic heterocycles. The van der Waals surface area contributed by atoms with Crippen molar-refractivity contribution in [2.45, 2.75) is 13.0 Å². The number of hydrogen-bond donors (Lipinski definition) is 1. The van der Waals surface area contributed by atoms with Gasteiger partial charge < -0.3 is 10.6 Å². The van der Waals surface area contributed by atoms with Crippen molar-refractivity contribution in [1.82, 2.24) is 4.90 Å². The van der Waals surface area contributed by atoms with Crippen molar-refractivity contribution in [1.29, 1.82) is 10.5 Å². The molecule has 0 fully saturated rings. The Morgan fingerprint density at radius 3 is 2.59 bits per heavy atom. The van der Waals surface area contributed by atoms with Gasteiger partial charge in [-0.3, -0.25) is 0 Å². The van der Waals surface area contributed by atoms with Gasteiger partial charge in [0.15, 0.2) is 0 Å². The van der Waals surface area contributed by atoms with E-state index in [1.807, 2.05) is 36.4 Å². The minimum absolute atomic E-state index is 0.145. The topological polar surface area (TPSA) is 89.2 Å². The van der Waals surface area contributed by atoms with Gasteiger partial charge in [0, 0.05) is 13.1 Å². The summed E-state index contributed by atoms with van der Waals surface area (Å²) < 4.78 is 0. The van der Waals surface area contributed by atoms with Crippen LogP contribution in [0.3, 0.4) is 0 Å². The first kappa shape index (κ1) is 12.5. The summed E-state index contributed by atoms with van der Waals surface area (Å²) in [6.07, 6.45) is 1.99. The highest BCUT2D eigenvalue weighted by atomic mass is 15.2. The second-order valence-electron chi connectivity index (χ2n) is 3.39. The van der Waals surface area contributed by atoms with Crippen LogP contribution < -0.4 is 5.73 Å². The molecule has 86 valence electrons. The average molecular weight is 227 g/mol. The zero-order chi connectivity index (χ0) is 12.5. The van der Waals surface area contributed by atoms with Crippen LogP contribution in [0.15, 0.2) is 35.3 Å². The van der Waals surface area contributed by atoms with Gasteiger partial charge in [-0.05, 0) is 5.56 Å². The van der Waals surface area contributed by atoms with Gasteiger partial charge in [0.05, 0.1) is 12.5 Å². The molecule has 17 heavy (non-hydrogen) atoms. The molecule has 0 unspecified atom stereocenters. The Bertz CT molecular complexity index is 452. The van der Waals surface area contributed by atoms with E-state index < -0.39 is 0 Å². The Morgan fingerprint density at radius 1 is 1.29 bits per heavy atom. The largest absolute Gasteiger partial charge is 0.369 e. The van der Waals surface area contributed by atoms with Crippen LogP contribution in [0.5, 0.6) is 0 Å². The lowest BCUT2D eigenvalue weighted by molar-refractivity contribution is 0.417. The fourth-order valence-corrected chi connectivity index (χ4v) is 1.39. The van der Waals surface area contributed by atoms with E-state index in [1.54, 1.807) is 11.1 Å². The number of hydrogen-bond acceptors (Lipinski definition) is 3. The lowest BCUT2D eigenvalue weighted by Gasteiger charge is -2.21. The van der Waals surface area contributed by atoms with Gasteiger partial charge in [-0.2, -0.15) is 10.5 Å². The molecule has 0 aliphatic carbocycles. The Kier molecular flexibility index (Phi) is 5.06. The maximum atomic E-state index is 8.57. The molecule has 1 rings (SSSR count). The van der Waals surface area contributed by atoms with Crippen LogP contribution in [0.2, 0.25) is 0 Å². The van der Waals surface area contributed by atoms with Gasteiger partial charge in [-0.15, -0.1) is 4.99 Å². The van der Waals surface area contributed by atoms with Crippen molar-refractivity contribution in [2.75, 3.05) is 6.54 Å². The van der Waals surface area contributed by atoms with E-state index in [2.05, 4.69) is 4.99 Å². The van der Waals surface area contributed by atoms with Crippen LogP contribution >= 0.6 is 0 Å². The minimum atomic E-state index is 0.145. The third-order valence-electron chi connectivity index (χ3n) is 2.20. The summed E-state index contributed by atoms with van der Waals surface area (Å²) in [7, 11) is 0. The molecule has 0 amide bonds. The van der Waals surface area contributed by atoms with Crippen molar-refractivity contribution in [3.8, 4) is 12.3 Å². The SMILES string of the molecule is N#CCCN(Cc1ccccc1)C(N)=NC#N. The smallest absolute Gasteiger partial charge is 0.209 e. The van der Waals surface area contributed by atoms with Gasteiger partial charge >= 0.3 is 0 Å². The third-order valence-corrected chi connectivity index (χ3v) is 2.20. The Labute approximate surface area is 100 Å². The maximum absolute atomic E-state index is 8.57. The zero-order valence-corrected chi connectivity index (χ0v) is 9.37. The average Bonchev–Trinajstić information content (AvgIpc) is 2.36. The molecule has 0 radical (unpaired) electrons. The van der Waals surface area contributed by atoms with E-state index >= 15 is 0 Å². The predicted octanol–water partition coefficient (Wildman–Crippen LogP) is 1.20. The molecule has 0 heterocycles. The summed E-state index contributed by atoms with van der Waals surface area (Å²) in [4.78, 5) is 5.20. The van der Waals surface area contributed by atoms with Crippen LogP contribution in [0.1, 0.15) is 12.0 Å². The summed E-state index contributed by atoms with van der Waals surface area (Å²) >= 11 is 0. The number of aliphatic imine (C=N–C) groups is 1. The highest BCUT2D eigenvalue weighted by Gasteiger charge is 2.08. The highest BCUT2D eigenvalue weighted by molar-refractivity contribution is 5.78. The Morgan fingerprint density at radius 2 is 2.00 bits per heavy atom. The van der Waals surface area contributed by atoms with E-state index in [1.165, 1.54) is 0 Å². The van der Waals surface area contributed by atoms with Crippen molar-refractivity contribution in [2.24, 2.45) is 10.7 Å². The highest BCUT2D eigenvalue weighted by Crippen LogP contribution is 2.04. The number of nitrogens with zero attached hydrogens (tertiary/aromatic N) is 4. The summed E-state index contributed by atoms with van der Waals surface area (Å²) in [5.41, 5.74) is 6.72. The summed E-state index contributed by atoms with van der Waals surface area (Å²) in [6.45, 7) is 1.00. The van der Waals surface area contributed by atoms with E-state index in [9.17, 15) is 0 Å². The Balaban J connectivity index is 2.75. The van der Waals surface area contributed by atoms with Crippen LogP contribution in [0.4, 0.5) is 0 Å². The van der Waals surface area contributed by atoms with Crippen molar-refractivity contribution in [3.05, 3.63) is 35.9 Å². The van der Waals surface area contributed by atoms with Crippen LogP contribution in [-0.4, -0.2) is 17.4 Å². The number of guanidine groups is 1. The van der Waals surface area contributed by atoms with Gasteiger partial charge in [-0.1, -0.05) is 30.3 Å². The number of benzene rings is 1. The third kappa shape index (κ3) is 4.23. The van der Waals surface area contributed by atoms with Crippen molar-refractivity contribution in [3.63, 3.8) is 0 Å². The standard InChI is InChI=1S/C12H13N5/c13-7-4-8-17(12(15)16-10-14)9-11-5-2-1-3-6-11/h1-3,5-6H,4,8-9H2,(H2,15,16). The zero-order valence-electron chi connectivity index (χ0n) is 9.37. The Hall–Kier alpha value is -2.53.